The van der Waals surface area contributed by atoms with Gasteiger partial charge in [0.05, 0.1) is 5.69 Å². The first kappa shape index (κ1) is 12.7. The normalized spacial score (nSPS) is 19.7. The average molecular weight is 256 g/mol. The van der Waals surface area contributed by atoms with Crippen LogP contribution < -0.4 is 0 Å². The van der Waals surface area contributed by atoms with Gasteiger partial charge in [-0.1, -0.05) is 33.3 Å². The first-order valence-electron chi connectivity index (χ1n) is 7.48. The van der Waals surface area contributed by atoms with E-state index in [1.165, 1.54) is 36.3 Å². The van der Waals surface area contributed by atoms with Crippen molar-refractivity contribution >= 4 is 5.65 Å². The maximum absolute atomic E-state index is 4.82. The van der Waals surface area contributed by atoms with Gasteiger partial charge in [-0.25, -0.2) is 4.98 Å². The molecular weight excluding hydrogens is 232 g/mol. The summed E-state index contributed by atoms with van der Waals surface area (Å²) in [6, 6.07) is 6.42. The molecule has 0 saturated heterocycles. The molecule has 0 saturated carbocycles. The van der Waals surface area contributed by atoms with Gasteiger partial charge in [0.2, 0.25) is 0 Å². The van der Waals surface area contributed by atoms with Gasteiger partial charge in [0, 0.05) is 11.4 Å². The number of nitrogens with zero attached hydrogens (tertiary/aromatic N) is 2. The number of aromatic nitrogens is 2. The lowest BCUT2D eigenvalue weighted by Gasteiger charge is -2.36. The summed E-state index contributed by atoms with van der Waals surface area (Å²) in [5, 5.41) is 0. The summed E-state index contributed by atoms with van der Waals surface area (Å²) in [5.74, 6) is 0.782. The van der Waals surface area contributed by atoms with Gasteiger partial charge < -0.3 is 4.40 Å². The number of hydrogen-bond acceptors (Lipinski definition) is 1. The van der Waals surface area contributed by atoms with Crippen molar-refractivity contribution in [2.45, 2.75) is 53.4 Å². The highest BCUT2D eigenvalue weighted by Crippen LogP contribution is 2.39. The Bertz CT molecular complexity index is 607. The molecule has 2 heterocycles. The first-order chi connectivity index (χ1) is 9.03. The Morgan fingerprint density at radius 2 is 2.16 bits per heavy atom. The number of fused-ring (bicyclic) bond motifs is 3. The van der Waals surface area contributed by atoms with Gasteiger partial charge in [-0.05, 0) is 49.7 Å². The lowest BCUT2D eigenvalue weighted by atomic mass is 9.70. The van der Waals surface area contributed by atoms with Crippen molar-refractivity contribution in [1.82, 2.24) is 9.38 Å². The summed E-state index contributed by atoms with van der Waals surface area (Å²) in [4.78, 5) is 4.82. The van der Waals surface area contributed by atoms with Gasteiger partial charge in [-0.2, -0.15) is 0 Å². The van der Waals surface area contributed by atoms with Crippen LogP contribution in [0.1, 0.15) is 50.7 Å². The van der Waals surface area contributed by atoms with E-state index < -0.39 is 0 Å². The van der Waals surface area contributed by atoms with Crippen LogP contribution in [-0.2, 0) is 12.8 Å². The second kappa shape index (κ2) is 4.36. The van der Waals surface area contributed by atoms with E-state index >= 15 is 0 Å². The van der Waals surface area contributed by atoms with Gasteiger partial charge in [0.25, 0.3) is 0 Å². The minimum absolute atomic E-state index is 0.435. The summed E-state index contributed by atoms with van der Waals surface area (Å²) < 4.78 is 2.37. The molecule has 0 N–H and O–H groups in total. The van der Waals surface area contributed by atoms with Crippen molar-refractivity contribution in [3.8, 4) is 0 Å². The number of rotatable bonds is 2. The van der Waals surface area contributed by atoms with E-state index in [4.69, 9.17) is 4.98 Å². The van der Waals surface area contributed by atoms with Crippen molar-refractivity contribution in [1.29, 1.82) is 0 Å². The molecule has 3 rings (SSSR count). The van der Waals surface area contributed by atoms with Crippen molar-refractivity contribution in [2.75, 3.05) is 0 Å². The highest BCUT2D eigenvalue weighted by atomic mass is 15.0. The van der Waals surface area contributed by atoms with Crippen LogP contribution in [0.25, 0.3) is 5.65 Å². The predicted octanol–water partition coefficient (Wildman–Crippen LogP) is 4.18. The van der Waals surface area contributed by atoms with E-state index in [1.54, 1.807) is 0 Å². The Labute approximate surface area is 115 Å². The van der Waals surface area contributed by atoms with Gasteiger partial charge in [0.15, 0.2) is 0 Å². The molecule has 0 aromatic carbocycles. The van der Waals surface area contributed by atoms with Crippen LogP contribution >= 0.6 is 0 Å². The third-order valence-electron chi connectivity index (χ3n) is 5.20. The van der Waals surface area contributed by atoms with Crippen molar-refractivity contribution in [2.24, 2.45) is 11.3 Å². The summed E-state index contributed by atoms with van der Waals surface area (Å²) in [6.45, 7) is 9.33. The van der Waals surface area contributed by atoms with Crippen LogP contribution in [-0.4, -0.2) is 9.38 Å². The first-order valence-corrected chi connectivity index (χ1v) is 7.48. The third-order valence-corrected chi connectivity index (χ3v) is 5.20. The summed E-state index contributed by atoms with van der Waals surface area (Å²) in [6.07, 6.45) is 4.87. The standard InChI is InChI=1S/C17H24N2/c1-5-17(3,4)13-9-10-14-15(11-13)19-12(2)7-6-8-16(19)18-14/h6-8,13H,5,9-11H2,1-4H3. The van der Waals surface area contributed by atoms with E-state index in [1.807, 2.05) is 0 Å². The molecule has 0 aliphatic heterocycles. The molecule has 0 radical (unpaired) electrons. The van der Waals surface area contributed by atoms with E-state index in [0.717, 1.165) is 18.0 Å². The monoisotopic (exact) mass is 256 g/mol. The molecule has 102 valence electrons. The molecule has 2 aromatic heterocycles. The summed E-state index contributed by atoms with van der Waals surface area (Å²) in [5.41, 5.74) is 5.66. The fourth-order valence-electron chi connectivity index (χ4n) is 3.38. The zero-order valence-corrected chi connectivity index (χ0v) is 12.5. The molecule has 0 bridgehead atoms. The van der Waals surface area contributed by atoms with E-state index in [9.17, 15) is 0 Å². The minimum atomic E-state index is 0.435. The lowest BCUT2D eigenvalue weighted by molar-refractivity contribution is 0.180. The highest BCUT2D eigenvalue weighted by Gasteiger charge is 2.33. The van der Waals surface area contributed by atoms with Gasteiger partial charge in [-0.3, -0.25) is 0 Å². The van der Waals surface area contributed by atoms with Gasteiger partial charge >= 0.3 is 0 Å². The Kier molecular flexibility index (Phi) is 2.92. The van der Waals surface area contributed by atoms with Crippen LogP contribution in [0.15, 0.2) is 18.2 Å². The predicted molar refractivity (Wildman–Crippen MR) is 79.5 cm³/mol. The van der Waals surface area contributed by atoms with Crippen molar-refractivity contribution in [3.63, 3.8) is 0 Å². The molecule has 2 nitrogen and oxygen atoms in total. The number of hydrogen-bond donors (Lipinski definition) is 0. The molecule has 0 fully saturated rings. The maximum atomic E-state index is 4.82. The second-order valence-electron chi connectivity index (χ2n) is 6.65. The number of pyridine rings is 1. The molecule has 1 aliphatic rings. The molecular formula is C17H24N2. The van der Waals surface area contributed by atoms with Crippen LogP contribution in [0.4, 0.5) is 0 Å². The Hall–Kier alpha value is -1.31. The SMILES string of the molecule is CCC(C)(C)C1CCc2nc3cccc(C)n3c2C1. The fraction of sp³-hybridized carbons (Fsp3) is 0.588. The van der Waals surface area contributed by atoms with E-state index in [0.29, 0.717) is 5.41 Å². The topological polar surface area (TPSA) is 17.3 Å². The highest BCUT2D eigenvalue weighted by molar-refractivity contribution is 5.46. The van der Waals surface area contributed by atoms with Gasteiger partial charge in [-0.15, -0.1) is 0 Å². The molecule has 19 heavy (non-hydrogen) atoms. The molecule has 0 spiro atoms. The largest absolute Gasteiger partial charge is 0.301 e. The maximum Gasteiger partial charge on any atom is 0.137 e. The van der Waals surface area contributed by atoms with Crippen LogP contribution in [0.2, 0.25) is 0 Å². The Morgan fingerprint density at radius 3 is 2.89 bits per heavy atom. The smallest absolute Gasteiger partial charge is 0.137 e. The molecule has 1 atom stereocenters. The van der Waals surface area contributed by atoms with E-state index in [2.05, 4.69) is 50.3 Å². The molecule has 0 amide bonds. The number of imidazole rings is 1. The molecule has 2 heteroatoms. The molecule has 2 aromatic rings. The molecule has 1 aliphatic carbocycles. The Morgan fingerprint density at radius 1 is 1.37 bits per heavy atom. The Balaban J connectivity index is 2.07. The van der Waals surface area contributed by atoms with Crippen LogP contribution in [0.5, 0.6) is 0 Å². The fourth-order valence-corrected chi connectivity index (χ4v) is 3.38. The lowest BCUT2D eigenvalue weighted by Crippen LogP contribution is -2.29. The minimum Gasteiger partial charge on any atom is -0.301 e. The van der Waals surface area contributed by atoms with Crippen molar-refractivity contribution < 1.29 is 0 Å². The van der Waals surface area contributed by atoms with Gasteiger partial charge in [0.1, 0.15) is 5.65 Å². The van der Waals surface area contributed by atoms with E-state index in [-0.39, 0.29) is 0 Å². The quantitative estimate of drug-likeness (QED) is 0.787. The van der Waals surface area contributed by atoms with Crippen LogP contribution in [0, 0.1) is 18.3 Å². The zero-order valence-electron chi connectivity index (χ0n) is 12.5. The third kappa shape index (κ3) is 1.98. The van der Waals surface area contributed by atoms with Crippen molar-refractivity contribution in [3.05, 3.63) is 35.3 Å². The zero-order chi connectivity index (χ0) is 13.6. The van der Waals surface area contributed by atoms with Crippen LogP contribution in [0.3, 0.4) is 0 Å². The average Bonchev–Trinajstić information content (AvgIpc) is 2.77. The number of aryl methyl sites for hydroxylation is 2. The summed E-state index contributed by atoms with van der Waals surface area (Å²) in [7, 11) is 0. The summed E-state index contributed by atoms with van der Waals surface area (Å²) >= 11 is 0. The molecule has 1 unspecified atom stereocenters. The second-order valence-corrected chi connectivity index (χ2v) is 6.65.